The van der Waals surface area contributed by atoms with E-state index in [1.807, 2.05) is 15.7 Å². The molecule has 39 heavy (non-hydrogen) atoms. The largest absolute Gasteiger partial charge is 0.383 e. The first-order valence-corrected chi connectivity index (χ1v) is 13.5. The van der Waals surface area contributed by atoms with Crippen LogP contribution in [0.2, 0.25) is 0 Å². The van der Waals surface area contributed by atoms with Crippen molar-refractivity contribution in [3.63, 3.8) is 0 Å². The van der Waals surface area contributed by atoms with E-state index in [4.69, 9.17) is 10.8 Å². The number of carbonyl (C=O) groups excluding carboxylic acids is 1. The average molecular weight is 526 g/mol. The van der Waals surface area contributed by atoms with Crippen LogP contribution in [-0.2, 0) is 4.79 Å². The number of amides is 1. The van der Waals surface area contributed by atoms with Crippen molar-refractivity contribution in [1.82, 2.24) is 24.6 Å². The molecule has 9 heteroatoms. The Kier molecular flexibility index (Phi) is 6.72. The summed E-state index contributed by atoms with van der Waals surface area (Å²) in [5.74, 6) is 0.641. The number of fused-ring (bicyclic) bond motifs is 1. The molecule has 2 aromatic carbocycles. The number of benzene rings is 2. The van der Waals surface area contributed by atoms with Gasteiger partial charge in [0.15, 0.2) is 5.65 Å². The molecule has 0 unspecified atom stereocenters. The first-order valence-electron chi connectivity index (χ1n) is 13.5. The Balaban J connectivity index is 1.15. The third-order valence-corrected chi connectivity index (χ3v) is 7.99. The first kappa shape index (κ1) is 25.0. The summed E-state index contributed by atoms with van der Waals surface area (Å²) in [6, 6.07) is 14.7. The quantitative estimate of drug-likeness (QED) is 0.343. The molecular formula is C30H32FN7O. The summed E-state index contributed by atoms with van der Waals surface area (Å²) in [7, 11) is 2.08. The Hall–Kier alpha value is -4.27. The molecule has 2 aliphatic rings. The van der Waals surface area contributed by atoms with Crippen molar-refractivity contribution in [2.24, 2.45) is 0 Å². The third-order valence-electron chi connectivity index (χ3n) is 7.99. The van der Waals surface area contributed by atoms with Gasteiger partial charge in [0, 0.05) is 44.0 Å². The number of nitrogens with two attached hydrogens (primary N) is 1. The molecule has 6 rings (SSSR count). The molecule has 0 radical (unpaired) electrons. The second-order valence-corrected chi connectivity index (χ2v) is 10.5. The summed E-state index contributed by atoms with van der Waals surface area (Å²) in [5.41, 5.74) is 10.8. The van der Waals surface area contributed by atoms with Gasteiger partial charge in [-0.05, 0) is 61.1 Å². The number of halogens is 1. The van der Waals surface area contributed by atoms with Gasteiger partial charge < -0.3 is 15.5 Å². The lowest BCUT2D eigenvalue weighted by atomic mass is 9.79. The first-order chi connectivity index (χ1) is 19.0. The smallest absolute Gasteiger partial charge is 0.246 e. The number of likely N-dealkylation sites (tertiary alicyclic amines) is 1. The van der Waals surface area contributed by atoms with Crippen molar-refractivity contribution in [2.75, 3.05) is 37.3 Å². The molecule has 3 heterocycles. The van der Waals surface area contributed by atoms with Gasteiger partial charge in [0.05, 0.1) is 11.4 Å². The molecule has 0 spiro atoms. The van der Waals surface area contributed by atoms with Crippen molar-refractivity contribution < 1.29 is 9.18 Å². The van der Waals surface area contributed by atoms with Crippen LogP contribution in [0.5, 0.6) is 0 Å². The van der Waals surface area contributed by atoms with Crippen LogP contribution in [0.15, 0.2) is 67.0 Å². The van der Waals surface area contributed by atoms with Crippen LogP contribution < -0.4 is 10.6 Å². The van der Waals surface area contributed by atoms with E-state index in [-0.39, 0.29) is 17.8 Å². The van der Waals surface area contributed by atoms with Gasteiger partial charge in [0.1, 0.15) is 23.7 Å². The van der Waals surface area contributed by atoms with Crippen molar-refractivity contribution >= 4 is 28.4 Å². The Morgan fingerprint density at radius 1 is 1.13 bits per heavy atom. The molecular weight excluding hydrogens is 493 g/mol. The molecule has 2 aromatic heterocycles. The van der Waals surface area contributed by atoms with Gasteiger partial charge in [-0.1, -0.05) is 30.7 Å². The number of aromatic nitrogens is 4. The predicted molar refractivity (Wildman–Crippen MR) is 151 cm³/mol. The highest BCUT2D eigenvalue weighted by Crippen LogP contribution is 2.40. The molecule has 0 bridgehead atoms. The Bertz CT molecular complexity index is 1530. The van der Waals surface area contributed by atoms with Gasteiger partial charge in [0.25, 0.3) is 0 Å². The zero-order valence-corrected chi connectivity index (χ0v) is 22.0. The Morgan fingerprint density at radius 3 is 2.69 bits per heavy atom. The molecule has 4 aromatic rings. The van der Waals surface area contributed by atoms with E-state index in [2.05, 4.69) is 46.2 Å². The Morgan fingerprint density at radius 2 is 1.92 bits per heavy atom. The normalized spacial score (nSPS) is 17.7. The third kappa shape index (κ3) is 4.84. The van der Waals surface area contributed by atoms with E-state index in [0.29, 0.717) is 48.1 Å². The molecule has 1 aliphatic heterocycles. The highest BCUT2D eigenvalue weighted by molar-refractivity contribution is 5.98. The number of anilines is 2. The minimum Gasteiger partial charge on any atom is -0.383 e. The molecule has 8 nitrogen and oxygen atoms in total. The molecule has 1 saturated heterocycles. The summed E-state index contributed by atoms with van der Waals surface area (Å²) in [6.45, 7) is 1.81. The van der Waals surface area contributed by atoms with Crippen LogP contribution in [0.1, 0.15) is 43.2 Å². The average Bonchev–Trinajstić information content (AvgIpc) is 3.55. The highest BCUT2D eigenvalue weighted by Gasteiger charge is 2.30. The zero-order chi connectivity index (χ0) is 26.9. The maximum absolute atomic E-state index is 13.5. The summed E-state index contributed by atoms with van der Waals surface area (Å²) in [6.07, 6.45) is 9.60. The standard InChI is InChI=1S/C30H32FN7O/c1-36(25-9-3-2-8-24(25)20-6-4-7-20)16-5-10-26(39)37-17-15-23(18-37)38-30-27(29(32)33-19-34-30)28(35-38)21-11-13-22(31)14-12-21/h2-3,5,8-14,19-20,23H,4,6-7,15-18H2,1H3,(H2,32,33,34)/t23-/m1/s1. The zero-order valence-electron chi connectivity index (χ0n) is 22.0. The highest BCUT2D eigenvalue weighted by atomic mass is 19.1. The van der Waals surface area contributed by atoms with Crippen molar-refractivity contribution in [1.29, 1.82) is 0 Å². The fraction of sp³-hybridized carbons (Fsp3) is 0.333. The van der Waals surface area contributed by atoms with Gasteiger partial charge >= 0.3 is 0 Å². The van der Waals surface area contributed by atoms with E-state index >= 15 is 0 Å². The number of likely N-dealkylation sites (N-methyl/N-ethyl adjacent to an activating group) is 1. The summed E-state index contributed by atoms with van der Waals surface area (Å²) >= 11 is 0. The fourth-order valence-electron chi connectivity index (χ4n) is 5.62. The van der Waals surface area contributed by atoms with Gasteiger partial charge in [-0.15, -0.1) is 0 Å². The topological polar surface area (TPSA) is 93.2 Å². The van der Waals surface area contributed by atoms with Crippen LogP contribution in [0, 0.1) is 5.82 Å². The fourth-order valence-corrected chi connectivity index (χ4v) is 5.62. The monoisotopic (exact) mass is 525 g/mol. The SMILES string of the molecule is CN(CC=CC(=O)N1CC[C@@H](n2nc(-c3ccc(F)cc3)c3c(N)ncnc32)C1)c1ccccc1C1CCC1. The molecule has 1 aliphatic carbocycles. The van der Waals surface area contributed by atoms with Crippen LogP contribution in [0.4, 0.5) is 15.9 Å². The Labute approximate surface area is 227 Å². The van der Waals surface area contributed by atoms with Crippen LogP contribution in [-0.4, -0.2) is 57.2 Å². The number of nitrogens with zero attached hydrogens (tertiary/aromatic N) is 6. The molecule has 200 valence electrons. The summed E-state index contributed by atoms with van der Waals surface area (Å²) < 4.78 is 15.4. The van der Waals surface area contributed by atoms with Crippen molar-refractivity contribution in [3.05, 3.63) is 78.4 Å². The van der Waals surface area contributed by atoms with Crippen molar-refractivity contribution in [3.8, 4) is 11.3 Å². The van der Waals surface area contributed by atoms with Crippen molar-refractivity contribution in [2.45, 2.75) is 37.6 Å². The molecule has 2 N–H and O–H groups in total. The lowest BCUT2D eigenvalue weighted by Gasteiger charge is -2.31. The number of hydrogen-bond donors (Lipinski definition) is 1. The van der Waals surface area contributed by atoms with Gasteiger partial charge in [-0.25, -0.2) is 19.0 Å². The van der Waals surface area contributed by atoms with Gasteiger partial charge in [0.2, 0.25) is 5.91 Å². The van der Waals surface area contributed by atoms with Crippen LogP contribution >= 0.6 is 0 Å². The lowest BCUT2D eigenvalue weighted by Crippen LogP contribution is -2.28. The molecule has 1 atom stereocenters. The molecule has 1 saturated carbocycles. The minimum absolute atomic E-state index is 0.0115. The van der Waals surface area contributed by atoms with E-state index in [1.54, 1.807) is 18.2 Å². The lowest BCUT2D eigenvalue weighted by molar-refractivity contribution is -0.125. The van der Waals surface area contributed by atoms with E-state index < -0.39 is 0 Å². The molecule has 2 fully saturated rings. The predicted octanol–water partition coefficient (Wildman–Crippen LogP) is 4.95. The number of hydrogen-bond acceptors (Lipinski definition) is 6. The second-order valence-electron chi connectivity index (χ2n) is 10.5. The number of carbonyl (C=O) groups is 1. The van der Waals surface area contributed by atoms with E-state index in [0.717, 1.165) is 12.0 Å². The minimum atomic E-state index is -0.321. The maximum Gasteiger partial charge on any atom is 0.246 e. The maximum atomic E-state index is 13.5. The summed E-state index contributed by atoms with van der Waals surface area (Å²) in [4.78, 5) is 25.7. The van der Waals surface area contributed by atoms with E-state index in [9.17, 15) is 9.18 Å². The van der Waals surface area contributed by atoms with Crippen LogP contribution in [0.3, 0.4) is 0 Å². The second kappa shape index (κ2) is 10.5. The van der Waals surface area contributed by atoms with Gasteiger partial charge in [-0.3, -0.25) is 4.79 Å². The van der Waals surface area contributed by atoms with Gasteiger partial charge in [-0.2, -0.15) is 5.10 Å². The van der Waals surface area contributed by atoms with E-state index in [1.165, 1.54) is 49.0 Å². The number of rotatable bonds is 7. The van der Waals surface area contributed by atoms with Crippen LogP contribution in [0.25, 0.3) is 22.3 Å². The molecule has 1 amide bonds. The number of para-hydroxylation sites is 1. The number of nitrogen functional groups attached to an aromatic ring is 1. The summed E-state index contributed by atoms with van der Waals surface area (Å²) in [5, 5.41) is 5.47.